The Labute approximate surface area is 137 Å². The molecule has 22 heavy (non-hydrogen) atoms. The zero-order valence-electron chi connectivity index (χ0n) is 12.3. The maximum absolute atomic E-state index is 12.1. The molecular formula is C15H18BrN3O3. The normalized spacial score (nSPS) is 17.7. The van der Waals surface area contributed by atoms with Crippen molar-refractivity contribution >= 4 is 33.7 Å². The SMILES string of the molecule is CC(=O)N1CCC[C@H](C(=O)NNC(=O)c2ccccc2Br)C1. The maximum atomic E-state index is 12.1. The molecule has 0 aliphatic carbocycles. The molecule has 1 aliphatic heterocycles. The lowest BCUT2D eigenvalue weighted by atomic mass is 9.97. The molecular weight excluding hydrogens is 350 g/mol. The highest BCUT2D eigenvalue weighted by atomic mass is 79.9. The Hall–Kier alpha value is -1.89. The average Bonchev–Trinajstić information content (AvgIpc) is 2.52. The van der Waals surface area contributed by atoms with Gasteiger partial charge in [-0.25, -0.2) is 0 Å². The van der Waals surface area contributed by atoms with Crippen LogP contribution >= 0.6 is 15.9 Å². The van der Waals surface area contributed by atoms with Crippen molar-refractivity contribution in [3.63, 3.8) is 0 Å². The Morgan fingerprint density at radius 1 is 1.23 bits per heavy atom. The van der Waals surface area contributed by atoms with Gasteiger partial charge < -0.3 is 4.90 Å². The summed E-state index contributed by atoms with van der Waals surface area (Å²) in [6.07, 6.45) is 1.50. The van der Waals surface area contributed by atoms with E-state index < -0.39 is 0 Å². The van der Waals surface area contributed by atoms with Gasteiger partial charge in [0.05, 0.1) is 11.5 Å². The molecule has 0 saturated carbocycles. The largest absolute Gasteiger partial charge is 0.342 e. The second kappa shape index (κ2) is 7.40. The number of nitrogens with zero attached hydrogens (tertiary/aromatic N) is 1. The number of piperidine rings is 1. The quantitative estimate of drug-likeness (QED) is 0.776. The van der Waals surface area contributed by atoms with Crippen LogP contribution in [0.15, 0.2) is 28.7 Å². The fourth-order valence-corrected chi connectivity index (χ4v) is 2.88. The standard InChI is InChI=1S/C15H18BrN3O3/c1-10(20)19-8-4-5-11(9-19)14(21)17-18-15(22)12-6-2-3-7-13(12)16/h2-3,6-7,11H,4-5,8-9H2,1H3,(H,17,21)(H,18,22)/t11-/m0/s1. The fraction of sp³-hybridized carbons (Fsp3) is 0.400. The lowest BCUT2D eigenvalue weighted by molar-refractivity contribution is -0.134. The van der Waals surface area contributed by atoms with Gasteiger partial charge in [-0.05, 0) is 40.9 Å². The summed E-state index contributed by atoms with van der Waals surface area (Å²) < 4.78 is 0.655. The number of hydrogen-bond acceptors (Lipinski definition) is 3. The number of likely N-dealkylation sites (tertiary alicyclic amines) is 1. The van der Waals surface area contributed by atoms with Crippen molar-refractivity contribution in [2.75, 3.05) is 13.1 Å². The molecule has 1 aromatic carbocycles. The molecule has 7 heteroatoms. The molecule has 2 N–H and O–H groups in total. The van der Waals surface area contributed by atoms with E-state index in [9.17, 15) is 14.4 Å². The van der Waals surface area contributed by atoms with Crippen molar-refractivity contribution in [3.8, 4) is 0 Å². The molecule has 6 nitrogen and oxygen atoms in total. The van der Waals surface area contributed by atoms with E-state index in [1.165, 1.54) is 6.92 Å². The van der Waals surface area contributed by atoms with Crippen molar-refractivity contribution < 1.29 is 14.4 Å². The first-order chi connectivity index (χ1) is 10.5. The summed E-state index contributed by atoms with van der Waals surface area (Å²) >= 11 is 3.29. The van der Waals surface area contributed by atoms with E-state index in [0.717, 1.165) is 6.42 Å². The van der Waals surface area contributed by atoms with Crippen LogP contribution in [0.3, 0.4) is 0 Å². The van der Waals surface area contributed by atoms with Crippen molar-refractivity contribution in [2.45, 2.75) is 19.8 Å². The smallest absolute Gasteiger partial charge is 0.270 e. The van der Waals surface area contributed by atoms with Crippen LogP contribution in [0.25, 0.3) is 0 Å². The summed E-state index contributed by atoms with van der Waals surface area (Å²) in [5, 5.41) is 0. The first kappa shape index (κ1) is 16.5. The third kappa shape index (κ3) is 4.07. The highest BCUT2D eigenvalue weighted by molar-refractivity contribution is 9.10. The molecule has 1 heterocycles. The van der Waals surface area contributed by atoms with Gasteiger partial charge in [-0.3, -0.25) is 25.2 Å². The highest BCUT2D eigenvalue weighted by Crippen LogP contribution is 2.17. The number of amides is 3. The van der Waals surface area contributed by atoms with Crippen molar-refractivity contribution in [1.82, 2.24) is 15.8 Å². The second-order valence-corrected chi connectivity index (χ2v) is 6.08. The van der Waals surface area contributed by atoms with E-state index in [4.69, 9.17) is 0 Å². The molecule has 1 fully saturated rings. The Balaban J connectivity index is 1.89. The van der Waals surface area contributed by atoms with Crippen LogP contribution in [0.1, 0.15) is 30.1 Å². The van der Waals surface area contributed by atoms with Crippen molar-refractivity contribution in [3.05, 3.63) is 34.3 Å². The first-order valence-corrected chi connectivity index (χ1v) is 7.88. The monoisotopic (exact) mass is 367 g/mol. The Morgan fingerprint density at radius 2 is 1.95 bits per heavy atom. The van der Waals surface area contributed by atoms with Crippen LogP contribution in [0, 0.1) is 5.92 Å². The minimum Gasteiger partial charge on any atom is -0.342 e. The molecule has 1 atom stereocenters. The topological polar surface area (TPSA) is 78.5 Å². The zero-order chi connectivity index (χ0) is 16.1. The van der Waals surface area contributed by atoms with Gasteiger partial charge in [-0.2, -0.15) is 0 Å². The lowest BCUT2D eigenvalue weighted by Crippen LogP contribution is -2.49. The predicted octanol–water partition coefficient (Wildman–Crippen LogP) is 1.47. The number of hydrogen-bond donors (Lipinski definition) is 2. The number of carbonyl (C=O) groups is 3. The van der Waals surface area contributed by atoms with E-state index in [-0.39, 0.29) is 23.6 Å². The highest BCUT2D eigenvalue weighted by Gasteiger charge is 2.27. The third-order valence-corrected chi connectivity index (χ3v) is 4.35. The van der Waals surface area contributed by atoms with Crippen molar-refractivity contribution in [2.24, 2.45) is 5.92 Å². The zero-order valence-corrected chi connectivity index (χ0v) is 13.9. The van der Waals surface area contributed by atoms with Gasteiger partial charge in [0.25, 0.3) is 5.91 Å². The van der Waals surface area contributed by atoms with Crippen molar-refractivity contribution in [1.29, 1.82) is 0 Å². The average molecular weight is 368 g/mol. The molecule has 2 rings (SSSR count). The Bertz CT molecular complexity index is 591. The van der Waals surface area contributed by atoms with Gasteiger partial charge in [0.2, 0.25) is 11.8 Å². The maximum Gasteiger partial charge on any atom is 0.270 e. The number of halogens is 1. The van der Waals surface area contributed by atoms with Crippen LogP contribution in [-0.4, -0.2) is 35.7 Å². The van der Waals surface area contributed by atoms with Crippen LogP contribution in [-0.2, 0) is 9.59 Å². The number of rotatable bonds is 2. The summed E-state index contributed by atoms with van der Waals surface area (Å²) in [6, 6.07) is 6.96. The molecule has 1 saturated heterocycles. The van der Waals surface area contributed by atoms with Gasteiger partial charge in [0.1, 0.15) is 0 Å². The molecule has 0 aromatic heterocycles. The van der Waals surface area contributed by atoms with Gasteiger partial charge in [-0.1, -0.05) is 12.1 Å². The molecule has 118 valence electrons. The van der Waals surface area contributed by atoms with E-state index in [1.54, 1.807) is 29.2 Å². The molecule has 0 radical (unpaired) electrons. The Morgan fingerprint density at radius 3 is 2.64 bits per heavy atom. The molecule has 0 unspecified atom stereocenters. The summed E-state index contributed by atoms with van der Waals surface area (Å²) in [7, 11) is 0. The molecule has 0 spiro atoms. The van der Waals surface area contributed by atoms with Crippen LogP contribution in [0.5, 0.6) is 0 Å². The summed E-state index contributed by atoms with van der Waals surface area (Å²) in [4.78, 5) is 37.1. The van der Waals surface area contributed by atoms with E-state index in [1.807, 2.05) is 0 Å². The number of nitrogens with one attached hydrogen (secondary N) is 2. The summed E-state index contributed by atoms with van der Waals surface area (Å²) in [6.45, 7) is 2.57. The summed E-state index contributed by atoms with van der Waals surface area (Å²) in [5.41, 5.74) is 5.29. The van der Waals surface area contributed by atoms with Gasteiger partial charge >= 0.3 is 0 Å². The van der Waals surface area contributed by atoms with Gasteiger partial charge in [-0.15, -0.1) is 0 Å². The predicted molar refractivity (Wildman–Crippen MR) is 84.7 cm³/mol. The minimum atomic E-state index is -0.389. The number of hydrazine groups is 1. The minimum absolute atomic E-state index is 0.0326. The van der Waals surface area contributed by atoms with Crippen LogP contribution in [0.4, 0.5) is 0 Å². The second-order valence-electron chi connectivity index (χ2n) is 5.23. The van der Waals surface area contributed by atoms with E-state index in [0.29, 0.717) is 29.5 Å². The molecule has 3 amide bonds. The van der Waals surface area contributed by atoms with E-state index in [2.05, 4.69) is 26.8 Å². The van der Waals surface area contributed by atoms with Gasteiger partial charge in [0.15, 0.2) is 0 Å². The van der Waals surface area contributed by atoms with Crippen LogP contribution in [0.2, 0.25) is 0 Å². The summed E-state index contributed by atoms with van der Waals surface area (Å²) in [5.74, 6) is -0.988. The molecule has 1 aromatic rings. The third-order valence-electron chi connectivity index (χ3n) is 3.66. The molecule has 1 aliphatic rings. The Kier molecular flexibility index (Phi) is 5.54. The fourth-order valence-electron chi connectivity index (χ4n) is 2.41. The van der Waals surface area contributed by atoms with Gasteiger partial charge in [0, 0.05) is 24.5 Å². The molecule has 0 bridgehead atoms. The van der Waals surface area contributed by atoms with E-state index >= 15 is 0 Å². The van der Waals surface area contributed by atoms with Crippen LogP contribution < -0.4 is 10.9 Å². The number of carbonyl (C=O) groups excluding carboxylic acids is 3. The first-order valence-electron chi connectivity index (χ1n) is 7.09. The number of benzene rings is 1. The lowest BCUT2D eigenvalue weighted by Gasteiger charge is -2.31.